The van der Waals surface area contributed by atoms with Crippen LogP contribution in [0.5, 0.6) is 0 Å². The van der Waals surface area contributed by atoms with E-state index in [0.29, 0.717) is 18.1 Å². The normalized spacial score (nSPS) is 29.0. The number of fused-ring (bicyclic) bond motifs is 1. The van der Waals surface area contributed by atoms with Crippen LogP contribution in [0.15, 0.2) is 12.1 Å². The van der Waals surface area contributed by atoms with Crippen LogP contribution in [0.25, 0.3) is 0 Å². The number of carbonyl (C=O) groups is 1. The zero-order valence-electron chi connectivity index (χ0n) is 12.1. The van der Waals surface area contributed by atoms with Gasteiger partial charge in [-0.1, -0.05) is 12.8 Å². The second kappa shape index (κ2) is 5.18. The highest BCUT2D eigenvalue weighted by molar-refractivity contribution is 5.91. The van der Waals surface area contributed by atoms with E-state index in [9.17, 15) is 9.90 Å². The van der Waals surface area contributed by atoms with Crippen LogP contribution < -0.4 is 16.4 Å². The monoisotopic (exact) mass is 290 g/mol. The summed E-state index contributed by atoms with van der Waals surface area (Å²) in [6.07, 6.45) is 4.90. The molecule has 0 radical (unpaired) electrons. The first kappa shape index (κ1) is 14.1. The Kier molecular flexibility index (Phi) is 3.49. The van der Waals surface area contributed by atoms with Crippen molar-refractivity contribution in [1.29, 1.82) is 0 Å². The van der Waals surface area contributed by atoms with E-state index in [4.69, 9.17) is 11.5 Å². The van der Waals surface area contributed by atoms with Crippen LogP contribution in [0.2, 0.25) is 0 Å². The maximum atomic E-state index is 11.3. The molecule has 2 heterocycles. The van der Waals surface area contributed by atoms with Crippen molar-refractivity contribution in [3.8, 4) is 0 Å². The van der Waals surface area contributed by atoms with Gasteiger partial charge in [0.25, 0.3) is 5.91 Å². The molecule has 2 atom stereocenters. The molecule has 5 N–H and O–H groups in total. The lowest BCUT2D eigenvalue weighted by Crippen LogP contribution is -2.53. The Balaban J connectivity index is 1.85. The van der Waals surface area contributed by atoms with Crippen LogP contribution in [0.4, 0.5) is 11.5 Å². The summed E-state index contributed by atoms with van der Waals surface area (Å²) in [5.74, 6) is 0.305. The van der Waals surface area contributed by atoms with E-state index in [2.05, 4.69) is 9.88 Å². The minimum absolute atomic E-state index is 0.226. The Bertz CT molecular complexity index is 563. The van der Waals surface area contributed by atoms with Gasteiger partial charge < -0.3 is 21.5 Å². The van der Waals surface area contributed by atoms with Gasteiger partial charge in [-0.05, 0) is 31.4 Å². The van der Waals surface area contributed by atoms with Crippen molar-refractivity contribution in [2.45, 2.75) is 37.7 Å². The minimum Gasteiger partial charge on any atom is -0.396 e. The molecule has 114 valence electrons. The Morgan fingerprint density at radius 1 is 1.38 bits per heavy atom. The number of aliphatic hydroxyl groups is 1. The molecule has 1 aromatic heterocycles. The second-order valence-electron chi connectivity index (χ2n) is 6.22. The van der Waals surface area contributed by atoms with Gasteiger partial charge in [0.15, 0.2) is 5.82 Å². The average molecular weight is 290 g/mol. The summed E-state index contributed by atoms with van der Waals surface area (Å²) in [6, 6.07) is 3.21. The molecule has 1 aliphatic heterocycles. The Morgan fingerprint density at radius 3 is 2.95 bits per heavy atom. The maximum absolute atomic E-state index is 11.3. The molecule has 0 bridgehead atoms. The van der Waals surface area contributed by atoms with E-state index in [1.807, 2.05) is 0 Å². The number of nitrogen functional groups attached to an aromatic ring is 1. The molecule has 2 aliphatic rings. The molecule has 2 fully saturated rings. The third-order valence-corrected chi connectivity index (χ3v) is 4.88. The first-order chi connectivity index (χ1) is 9.99. The number of rotatable bonds is 2. The third-order valence-electron chi connectivity index (χ3n) is 4.88. The number of pyridine rings is 1. The van der Waals surface area contributed by atoms with Gasteiger partial charge in [-0.2, -0.15) is 0 Å². The molecule has 6 heteroatoms. The van der Waals surface area contributed by atoms with E-state index in [1.54, 1.807) is 12.1 Å². The van der Waals surface area contributed by atoms with Crippen LogP contribution in [0.1, 0.15) is 42.6 Å². The molecule has 3 rings (SSSR count). The molecule has 0 spiro atoms. The molecule has 1 saturated heterocycles. The highest BCUT2D eigenvalue weighted by Crippen LogP contribution is 2.41. The van der Waals surface area contributed by atoms with Gasteiger partial charge in [-0.3, -0.25) is 4.79 Å². The van der Waals surface area contributed by atoms with Crippen molar-refractivity contribution < 1.29 is 9.90 Å². The van der Waals surface area contributed by atoms with Gasteiger partial charge in [0.1, 0.15) is 5.69 Å². The molecule has 2 unspecified atom stereocenters. The fourth-order valence-electron chi connectivity index (χ4n) is 3.61. The van der Waals surface area contributed by atoms with Gasteiger partial charge in [-0.15, -0.1) is 0 Å². The summed E-state index contributed by atoms with van der Waals surface area (Å²) in [4.78, 5) is 17.7. The van der Waals surface area contributed by atoms with Crippen molar-refractivity contribution in [3.05, 3.63) is 17.8 Å². The van der Waals surface area contributed by atoms with Gasteiger partial charge >= 0.3 is 0 Å². The molecular formula is C15H22N4O2. The number of nitrogens with zero attached hydrogens (tertiary/aromatic N) is 2. The van der Waals surface area contributed by atoms with Gasteiger partial charge in [0.2, 0.25) is 0 Å². The smallest absolute Gasteiger partial charge is 0.267 e. The lowest BCUT2D eigenvalue weighted by Gasteiger charge is -2.47. The Morgan fingerprint density at radius 2 is 2.19 bits per heavy atom. The van der Waals surface area contributed by atoms with Crippen molar-refractivity contribution in [1.82, 2.24) is 4.98 Å². The first-order valence-electron chi connectivity index (χ1n) is 7.53. The lowest BCUT2D eigenvalue weighted by molar-refractivity contribution is -0.0613. The number of nitrogens with two attached hydrogens (primary N) is 2. The largest absolute Gasteiger partial charge is 0.396 e. The summed E-state index contributed by atoms with van der Waals surface area (Å²) < 4.78 is 0. The van der Waals surface area contributed by atoms with Gasteiger partial charge in [-0.25, -0.2) is 4.98 Å². The van der Waals surface area contributed by atoms with Gasteiger partial charge in [0, 0.05) is 19.0 Å². The van der Waals surface area contributed by atoms with E-state index in [-0.39, 0.29) is 11.6 Å². The topological polar surface area (TPSA) is 105 Å². The maximum Gasteiger partial charge on any atom is 0.267 e. The van der Waals surface area contributed by atoms with E-state index >= 15 is 0 Å². The van der Waals surface area contributed by atoms with Crippen LogP contribution in [0.3, 0.4) is 0 Å². The predicted molar refractivity (Wildman–Crippen MR) is 80.9 cm³/mol. The number of piperidine rings is 1. The quantitative estimate of drug-likeness (QED) is 0.750. The predicted octanol–water partition coefficient (Wildman–Crippen LogP) is 0.894. The summed E-state index contributed by atoms with van der Waals surface area (Å²) in [5, 5.41) is 10.7. The average Bonchev–Trinajstić information content (AvgIpc) is 2.46. The zero-order chi connectivity index (χ0) is 15.0. The van der Waals surface area contributed by atoms with Crippen LogP contribution in [0, 0.1) is 5.92 Å². The SMILES string of the molecule is NC(=O)c1ccc(N)c(N2CCC3(O)CCCCC3C2)n1. The first-order valence-corrected chi connectivity index (χ1v) is 7.53. The fraction of sp³-hybridized carbons (Fsp3) is 0.600. The molecule has 21 heavy (non-hydrogen) atoms. The van der Waals surface area contributed by atoms with E-state index in [1.165, 1.54) is 0 Å². The standard InChI is InChI=1S/C15H22N4O2/c16-11-4-5-12(13(17)20)18-14(11)19-8-7-15(21)6-2-1-3-10(15)9-19/h4-5,10,21H,1-3,6-9,16H2,(H2,17,20). The number of hydrogen-bond acceptors (Lipinski definition) is 5. The summed E-state index contributed by atoms with van der Waals surface area (Å²) in [7, 11) is 0. The highest BCUT2D eigenvalue weighted by Gasteiger charge is 2.43. The molecule has 1 aliphatic carbocycles. The Labute approximate surface area is 124 Å². The molecule has 0 aromatic carbocycles. The number of aromatic nitrogens is 1. The van der Waals surface area contributed by atoms with Crippen molar-refractivity contribution in [3.63, 3.8) is 0 Å². The molecule has 6 nitrogen and oxygen atoms in total. The number of primary amides is 1. The highest BCUT2D eigenvalue weighted by atomic mass is 16.3. The number of hydrogen-bond donors (Lipinski definition) is 3. The number of carbonyl (C=O) groups excluding carboxylic acids is 1. The van der Waals surface area contributed by atoms with Crippen LogP contribution in [-0.4, -0.2) is 34.7 Å². The van der Waals surface area contributed by atoms with Crippen molar-refractivity contribution >= 4 is 17.4 Å². The Hall–Kier alpha value is -1.82. The second-order valence-corrected chi connectivity index (χ2v) is 6.22. The van der Waals surface area contributed by atoms with Crippen molar-refractivity contribution in [2.24, 2.45) is 11.7 Å². The summed E-state index contributed by atoms with van der Waals surface area (Å²) >= 11 is 0. The molecule has 1 saturated carbocycles. The molecule has 1 aromatic rings. The molecule has 1 amide bonds. The number of anilines is 2. The zero-order valence-corrected chi connectivity index (χ0v) is 12.1. The van der Waals surface area contributed by atoms with Gasteiger partial charge in [0.05, 0.1) is 11.3 Å². The van der Waals surface area contributed by atoms with Crippen LogP contribution >= 0.6 is 0 Å². The van der Waals surface area contributed by atoms with Crippen molar-refractivity contribution in [2.75, 3.05) is 23.7 Å². The fourth-order valence-corrected chi connectivity index (χ4v) is 3.61. The van der Waals surface area contributed by atoms with E-state index < -0.39 is 11.5 Å². The minimum atomic E-state index is -0.553. The third kappa shape index (κ3) is 2.55. The van der Waals surface area contributed by atoms with E-state index in [0.717, 1.165) is 38.6 Å². The molecular weight excluding hydrogens is 268 g/mol. The number of amides is 1. The van der Waals surface area contributed by atoms with Crippen LogP contribution in [-0.2, 0) is 0 Å². The summed E-state index contributed by atoms with van der Waals surface area (Å²) in [6.45, 7) is 1.43. The lowest BCUT2D eigenvalue weighted by atomic mass is 9.71. The summed E-state index contributed by atoms with van der Waals surface area (Å²) in [5.41, 5.74) is 11.5.